The number of carbonyl (C=O) groups excluding carboxylic acids is 1. The van der Waals surface area contributed by atoms with Crippen molar-refractivity contribution in [2.24, 2.45) is 0 Å². The second-order valence-electron chi connectivity index (χ2n) is 4.59. The number of benzene rings is 1. The van der Waals surface area contributed by atoms with Gasteiger partial charge in [-0.3, -0.25) is 3.97 Å². The Hall–Kier alpha value is -1.56. The molecule has 2 heterocycles. The highest BCUT2D eigenvalue weighted by Gasteiger charge is 2.16. The lowest BCUT2D eigenvalue weighted by atomic mass is 10.1. The Kier molecular flexibility index (Phi) is 6.04. The van der Waals surface area contributed by atoms with Gasteiger partial charge in [-0.15, -0.1) is 0 Å². The second kappa shape index (κ2) is 7.81. The van der Waals surface area contributed by atoms with Crippen LogP contribution in [0, 0.1) is 18.3 Å². The zero-order chi connectivity index (χ0) is 17.0. The van der Waals surface area contributed by atoms with Gasteiger partial charge in [0.25, 0.3) is 0 Å². The number of carbonyl (C=O) groups is 1. The third kappa shape index (κ3) is 3.37. The Labute approximate surface area is 155 Å². The van der Waals surface area contributed by atoms with Crippen molar-refractivity contribution >= 4 is 59.7 Å². The number of fused-ring (bicyclic) bond motifs is 1. The first-order chi connectivity index (χ1) is 11.2. The molecule has 0 saturated heterocycles. The number of aryl methyl sites for hydroxylation is 1. The molecule has 0 radical (unpaired) electrons. The van der Waals surface area contributed by atoms with Crippen LogP contribution in [0.2, 0.25) is 5.02 Å². The van der Waals surface area contributed by atoms with Crippen LogP contribution in [-0.2, 0) is 4.79 Å². The van der Waals surface area contributed by atoms with Crippen LogP contribution < -0.4 is 0 Å². The van der Waals surface area contributed by atoms with Gasteiger partial charge in [-0.2, -0.15) is 5.26 Å². The third-order valence-corrected chi connectivity index (χ3v) is 5.36. The van der Waals surface area contributed by atoms with E-state index in [0.717, 1.165) is 22.3 Å². The fourth-order valence-corrected chi connectivity index (χ4v) is 4.04. The fourth-order valence-electron chi connectivity index (χ4n) is 2.17. The molecule has 0 spiro atoms. The van der Waals surface area contributed by atoms with Gasteiger partial charge in [-0.05, 0) is 18.6 Å². The maximum Gasteiger partial charge on any atom is 0.152 e. The summed E-state index contributed by atoms with van der Waals surface area (Å²) in [6.45, 7) is 4.06. The molecule has 0 fully saturated rings. The molecule has 23 heavy (non-hydrogen) atoms. The smallest absolute Gasteiger partial charge is 0.152 e. The van der Waals surface area contributed by atoms with Gasteiger partial charge in [-0.1, -0.05) is 41.4 Å². The first-order valence-electron chi connectivity index (χ1n) is 6.40. The second-order valence-corrected chi connectivity index (χ2v) is 6.66. The van der Waals surface area contributed by atoms with Crippen LogP contribution in [-0.4, -0.2) is 15.7 Å². The summed E-state index contributed by atoms with van der Waals surface area (Å²) in [6, 6.07) is 12.4. The van der Waals surface area contributed by atoms with Gasteiger partial charge in [-0.25, -0.2) is 4.98 Å². The summed E-state index contributed by atoms with van der Waals surface area (Å²) >= 11 is 8.53. The van der Waals surface area contributed by atoms with Crippen molar-refractivity contribution in [3.63, 3.8) is 0 Å². The van der Waals surface area contributed by atoms with Crippen LogP contribution in [0.5, 0.6) is 0 Å². The van der Waals surface area contributed by atoms with Crippen LogP contribution in [0.4, 0.5) is 0 Å². The lowest BCUT2D eigenvalue weighted by molar-refractivity contribution is -0.0979. The number of pyridine rings is 1. The maximum absolute atomic E-state index is 9.07. The fraction of sp³-hybridized carbons (Fsp3) is 0.0625. The molecule has 0 amide bonds. The third-order valence-electron chi connectivity index (χ3n) is 3.26. The molecule has 7 heteroatoms. The van der Waals surface area contributed by atoms with Crippen molar-refractivity contribution in [2.45, 2.75) is 6.92 Å². The Balaban J connectivity index is 0.000000924. The molecule has 0 aliphatic carbocycles. The van der Waals surface area contributed by atoms with E-state index in [1.54, 1.807) is 0 Å². The Morgan fingerprint density at radius 3 is 2.57 bits per heavy atom. The van der Waals surface area contributed by atoms with Crippen molar-refractivity contribution in [2.75, 3.05) is 0 Å². The van der Waals surface area contributed by atoms with E-state index >= 15 is 0 Å². The summed E-state index contributed by atoms with van der Waals surface area (Å²) in [5.74, 6) is 0. The molecule has 0 unspecified atom stereocenters. The van der Waals surface area contributed by atoms with Gasteiger partial charge in [0, 0.05) is 41.9 Å². The van der Waals surface area contributed by atoms with E-state index in [1.807, 2.05) is 16.8 Å². The SMILES string of the molecule is C=O.Cc1ccc(-c2cc3c(Cl)c(C#N)cnc3n2SI)cc1. The lowest BCUT2D eigenvalue weighted by Gasteiger charge is -2.05. The average Bonchev–Trinajstić information content (AvgIpc) is 2.97. The first kappa shape index (κ1) is 17.8. The number of hydrogen-bond donors (Lipinski definition) is 0. The summed E-state index contributed by atoms with van der Waals surface area (Å²) in [5.41, 5.74) is 4.50. The van der Waals surface area contributed by atoms with Gasteiger partial charge >= 0.3 is 0 Å². The zero-order valence-electron chi connectivity index (χ0n) is 12.1. The number of rotatable bonds is 2. The summed E-state index contributed by atoms with van der Waals surface area (Å²) in [5, 5.41) is 10.3. The Morgan fingerprint density at radius 1 is 1.35 bits per heavy atom. The molecule has 0 atom stereocenters. The van der Waals surface area contributed by atoms with Crippen molar-refractivity contribution in [1.82, 2.24) is 8.96 Å². The topological polar surface area (TPSA) is 58.7 Å². The molecule has 0 aliphatic rings. The number of hydrogen-bond acceptors (Lipinski definition) is 4. The van der Waals surface area contributed by atoms with E-state index in [1.165, 1.54) is 20.9 Å². The highest BCUT2D eigenvalue weighted by molar-refractivity contribution is 14.2. The van der Waals surface area contributed by atoms with Crippen LogP contribution in [0.25, 0.3) is 22.3 Å². The molecule has 0 bridgehead atoms. The van der Waals surface area contributed by atoms with Crippen molar-refractivity contribution in [1.29, 1.82) is 5.26 Å². The molecule has 1 aromatic carbocycles. The predicted molar refractivity (Wildman–Crippen MR) is 104 cm³/mol. The normalized spacial score (nSPS) is 10.0. The quantitative estimate of drug-likeness (QED) is 0.499. The van der Waals surface area contributed by atoms with Crippen LogP contribution in [0.3, 0.4) is 0 Å². The number of halogens is 2. The lowest BCUT2D eigenvalue weighted by Crippen LogP contribution is -1.90. The molecule has 0 aliphatic heterocycles. The molecular formula is C16H11ClIN3OS. The molecule has 3 aromatic rings. The van der Waals surface area contributed by atoms with Crippen molar-refractivity contribution < 1.29 is 4.79 Å². The van der Waals surface area contributed by atoms with Gasteiger partial charge in [0.1, 0.15) is 12.9 Å². The highest BCUT2D eigenvalue weighted by Crippen LogP contribution is 2.37. The monoisotopic (exact) mass is 455 g/mol. The van der Waals surface area contributed by atoms with Crippen molar-refractivity contribution in [3.8, 4) is 17.3 Å². The van der Waals surface area contributed by atoms with Gasteiger partial charge in [0.05, 0.1) is 16.3 Å². The van der Waals surface area contributed by atoms with E-state index in [-0.39, 0.29) is 0 Å². The average molecular weight is 456 g/mol. The zero-order valence-corrected chi connectivity index (χ0v) is 15.8. The van der Waals surface area contributed by atoms with Gasteiger partial charge in [0.15, 0.2) is 5.65 Å². The first-order valence-corrected chi connectivity index (χ1v) is 10.1. The number of nitrogens with zero attached hydrogens (tertiary/aromatic N) is 3. The standard InChI is InChI=1S/C15H9ClIN3S.CH2O/c1-9-2-4-10(5-3-9)13-6-12-14(16)11(7-18)8-19-15(12)20(13)21-17;1-2/h2-6,8H,1H3;1H2. The van der Waals surface area contributed by atoms with Crippen LogP contribution >= 0.6 is 41.9 Å². The molecular weight excluding hydrogens is 445 g/mol. The molecule has 2 aromatic heterocycles. The summed E-state index contributed by atoms with van der Waals surface area (Å²) in [4.78, 5) is 12.4. The minimum Gasteiger partial charge on any atom is -0.307 e. The summed E-state index contributed by atoms with van der Waals surface area (Å²) in [7, 11) is 1.54. The van der Waals surface area contributed by atoms with E-state index in [0.29, 0.717) is 10.6 Å². The largest absolute Gasteiger partial charge is 0.307 e. The summed E-state index contributed by atoms with van der Waals surface area (Å²) in [6.07, 6.45) is 1.52. The molecule has 0 N–H and O–H groups in total. The van der Waals surface area contributed by atoms with E-state index in [2.05, 4.69) is 63.4 Å². The molecule has 116 valence electrons. The molecule has 0 saturated carbocycles. The predicted octanol–water partition coefficient (Wildman–Crippen LogP) is 5.20. The number of nitriles is 1. The molecule has 3 rings (SSSR count). The Morgan fingerprint density at radius 2 is 2.00 bits per heavy atom. The molecule has 4 nitrogen and oxygen atoms in total. The van der Waals surface area contributed by atoms with E-state index < -0.39 is 0 Å². The van der Waals surface area contributed by atoms with Crippen LogP contribution in [0.15, 0.2) is 36.5 Å². The maximum atomic E-state index is 9.07. The highest BCUT2D eigenvalue weighted by atomic mass is 127. The van der Waals surface area contributed by atoms with E-state index in [9.17, 15) is 0 Å². The number of aromatic nitrogens is 2. The van der Waals surface area contributed by atoms with E-state index in [4.69, 9.17) is 21.7 Å². The minimum absolute atomic E-state index is 0.398. The summed E-state index contributed by atoms with van der Waals surface area (Å²) < 4.78 is 2.02. The Bertz CT molecular complexity index is 887. The van der Waals surface area contributed by atoms with Gasteiger partial charge < -0.3 is 4.79 Å². The van der Waals surface area contributed by atoms with Gasteiger partial charge in [0.2, 0.25) is 0 Å². The minimum atomic E-state index is 0.398. The van der Waals surface area contributed by atoms with Crippen molar-refractivity contribution in [3.05, 3.63) is 52.7 Å². The van der Waals surface area contributed by atoms with Crippen LogP contribution in [0.1, 0.15) is 11.1 Å².